The summed E-state index contributed by atoms with van der Waals surface area (Å²) in [4.78, 5) is 0. The van der Waals surface area contributed by atoms with E-state index < -0.39 is 51.2 Å². The number of fused-ring (bicyclic) bond motifs is 4. The minimum absolute atomic E-state index is 0.594. The summed E-state index contributed by atoms with van der Waals surface area (Å²) in [5.74, 6) is 1.24. The van der Waals surface area contributed by atoms with Crippen LogP contribution in [0.4, 0.5) is 26.3 Å². The van der Waals surface area contributed by atoms with Gasteiger partial charge in [-0.2, -0.15) is 0 Å². The van der Waals surface area contributed by atoms with Crippen molar-refractivity contribution in [2.45, 2.75) is 59.4 Å². The molecule has 0 N–H and O–H groups in total. The number of alkyl halides is 6. The number of hydrogen-bond donors (Lipinski definition) is 0. The Balaban J connectivity index is 1.29. The normalized spacial score (nSPS) is 16.4. The average Bonchev–Trinajstić information content (AvgIpc) is 4.10. The summed E-state index contributed by atoms with van der Waals surface area (Å²) in [7, 11) is 18.0. The SMILES string of the molecule is CCc1ccc2c(c1-c1ccc(C(F)(F)F)cc1)C=C(c1occ3ccccc13)[CH]2[Zr]([Cl])([Cl])([CH]1C(c2occ3ccccc23)=Cc2c1ccc(CC)c2-c1ccc(C(F)(F)F)cc1)=[Si](C)C. The molecule has 2 unspecified atom stereocenters. The Hall–Kier alpha value is -4.86. The molecule has 12 heteroatoms. The van der Waals surface area contributed by atoms with Crippen molar-refractivity contribution in [3.63, 3.8) is 0 Å². The standard InChI is InChI=1S/2C26H18F3O.C2H6Si.2ClH.Zr/c2*1-2-16-7-8-18-13-20(25-22-6-4-3-5-19(22)15-30-25)14-23(18)24(16)17-9-11-21(12-10-17)26(27,28)29;1-3-2;;;/h2*3-15H,2H2,1H3;1-2H3;2*1H;/q;;;;;+2/p-2. The summed E-state index contributed by atoms with van der Waals surface area (Å²) in [6, 6.07) is 34.7. The number of hydrogen-bond acceptors (Lipinski definition) is 2. The molecular formula is C54H42Cl2F6O2SiZr. The van der Waals surface area contributed by atoms with Crippen LogP contribution in [0.15, 0.2) is 143 Å². The van der Waals surface area contributed by atoms with Crippen LogP contribution in [-0.2, 0) is 40.2 Å². The third-order valence-corrected chi connectivity index (χ3v) is 60.2. The Morgan fingerprint density at radius 1 is 0.530 bits per heavy atom. The molecule has 0 radical (unpaired) electrons. The fraction of sp³-hybridized carbons (Fsp3) is 0.185. The van der Waals surface area contributed by atoms with Gasteiger partial charge in [0.2, 0.25) is 0 Å². The number of rotatable bonds is 8. The van der Waals surface area contributed by atoms with E-state index in [4.69, 9.17) is 25.9 Å². The molecule has 0 amide bonds. The zero-order valence-corrected chi connectivity index (χ0v) is 41.2. The van der Waals surface area contributed by atoms with Gasteiger partial charge in [0.05, 0.1) is 0 Å². The number of furan rings is 2. The van der Waals surface area contributed by atoms with Crippen molar-refractivity contribution in [1.29, 1.82) is 0 Å². The average molecular weight is 1030 g/mol. The van der Waals surface area contributed by atoms with Crippen LogP contribution in [-0.4, -0.2) is 5.43 Å². The Bertz CT molecular complexity index is 3180. The molecule has 6 aromatic carbocycles. The summed E-state index contributed by atoms with van der Waals surface area (Å²) >= 11 is -5.91. The Morgan fingerprint density at radius 3 is 1.26 bits per heavy atom. The van der Waals surface area contributed by atoms with Crippen molar-refractivity contribution in [2.24, 2.45) is 0 Å². The van der Waals surface area contributed by atoms with Gasteiger partial charge in [0.1, 0.15) is 0 Å². The van der Waals surface area contributed by atoms with E-state index >= 15 is 0 Å². The third-order valence-electron chi connectivity index (χ3n) is 13.9. The van der Waals surface area contributed by atoms with Gasteiger partial charge in [0.15, 0.2) is 0 Å². The van der Waals surface area contributed by atoms with Crippen LogP contribution in [0.1, 0.15) is 77.1 Å². The van der Waals surface area contributed by atoms with Crippen molar-refractivity contribution < 1.29 is 50.2 Å². The summed E-state index contributed by atoms with van der Waals surface area (Å²) in [6.07, 6.45) is -0.131. The van der Waals surface area contributed by atoms with E-state index in [1.54, 1.807) is 12.5 Å². The second kappa shape index (κ2) is 16.1. The molecule has 10 rings (SSSR count). The molecular weight excluding hydrogens is 985 g/mol. The molecule has 0 fully saturated rings. The third kappa shape index (κ3) is 6.99. The maximum absolute atomic E-state index is 13.9. The van der Waals surface area contributed by atoms with Gasteiger partial charge in [-0.1, -0.05) is 0 Å². The van der Waals surface area contributed by atoms with Gasteiger partial charge in [-0.25, -0.2) is 0 Å². The summed E-state index contributed by atoms with van der Waals surface area (Å²) in [5, 5.41) is 3.52. The predicted molar refractivity (Wildman–Crippen MR) is 255 cm³/mol. The van der Waals surface area contributed by atoms with Gasteiger partial charge in [0.25, 0.3) is 0 Å². The first-order valence-corrected chi connectivity index (χ1v) is 37.2. The molecule has 2 aromatic heterocycles. The maximum atomic E-state index is 13.9. The van der Waals surface area contributed by atoms with Crippen LogP contribution in [0.25, 0.3) is 67.1 Å². The molecule has 2 aliphatic rings. The molecule has 0 bridgehead atoms. The van der Waals surface area contributed by atoms with Crippen molar-refractivity contribution in [3.05, 3.63) is 190 Å². The molecule has 2 aliphatic carbocycles. The second-order valence-electron chi connectivity index (χ2n) is 17.6. The zero-order chi connectivity index (χ0) is 46.5. The van der Waals surface area contributed by atoms with Crippen LogP contribution in [0.2, 0.25) is 13.1 Å². The van der Waals surface area contributed by atoms with Gasteiger partial charge in [-0.3, -0.25) is 0 Å². The molecule has 0 saturated carbocycles. The number of aryl methyl sites for hydroxylation is 2. The fourth-order valence-electron chi connectivity index (χ4n) is 10.6. The van der Waals surface area contributed by atoms with Gasteiger partial charge >= 0.3 is 389 Å². The van der Waals surface area contributed by atoms with Gasteiger partial charge in [-0.15, -0.1) is 0 Å². The Kier molecular flexibility index (Phi) is 11.0. The van der Waals surface area contributed by atoms with E-state index in [-0.39, 0.29) is 0 Å². The molecule has 2 nitrogen and oxygen atoms in total. The van der Waals surface area contributed by atoms with Crippen LogP contribution < -0.4 is 0 Å². The van der Waals surface area contributed by atoms with Crippen molar-refractivity contribution in [2.75, 3.05) is 0 Å². The summed E-state index contributed by atoms with van der Waals surface area (Å²) in [5.41, 5.74) is 6.58. The molecule has 334 valence electrons. The Labute approximate surface area is 386 Å². The molecule has 0 saturated heterocycles. The molecule has 2 atom stereocenters. The van der Waals surface area contributed by atoms with Crippen LogP contribution in [0.5, 0.6) is 0 Å². The van der Waals surface area contributed by atoms with E-state index in [2.05, 4.69) is 37.4 Å². The van der Waals surface area contributed by atoms with Gasteiger partial charge < -0.3 is 0 Å². The van der Waals surface area contributed by atoms with Gasteiger partial charge in [-0.05, 0) is 0 Å². The topological polar surface area (TPSA) is 26.3 Å². The zero-order valence-electron chi connectivity index (χ0n) is 36.3. The molecule has 8 aromatic rings. The van der Waals surface area contributed by atoms with Crippen LogP contribution >= 0.6 is 17.0 Å². The first kappa shape index (κ1) is 44.9. The molecule has 0 aliphatic heterocycles. The van der Waals surface area contributed by atoms with Crippen molar-refractivity contribution >= 4 is 67.3 Å². The van der Waals surface area contributed by atoms with Crippen LogP contribution in [0.3, 0.4) is 0 Å². The minimum atomic E-state index is -5.91. The quantitative estimate of drug-likeness (QED) is 0.112. The van der Waals surface area contributed by atoms with Crippen LogP contribution in [0, 0.1) is 0 Å². The van der Waals surface area contributed by atoms with Crippen molar-refractivity contribution in [3.8, 4) is 22.3 Å². The summed E-state index contributed by atoms with van der Waals surface area (Å²) in [6.45, 7) is 8.41. The van der Waals surface area contributed by atoms with E-state index in [1.165, 1.54) is 24.3 Å². The fourth-order valence-corrected chi connectivity index (χ4v) is 38.3. The second-order valence-corrected chi connectivity index (χ2v) is 56.4. The predicted octanol–water partition coefficient (Wildman–Crippen LogP) is 17.8. The van der Waals surface area contributed by atoms with E-state index in [1.807, 2.05) is 74.5 Å². The monoisotopic (exact) mass is 1020 g/mol. The number of benzene rings is 6. The molecule has 2 heterocycles. The first-order chi connectivity index (χ1) is 31.4. The number of allylic oxidation sites excluding steroid dienone is 2. The van der Waals surface area contributed by atoms with E-state index in [0.717, 1.165) is 101 Å². The van der Waals surface area contributed by atoms with E-state index in [0.29, 0.717) is 35.5 Å². The Morgan fingerprint density at radius 2 is 0.909 bits per heavy atom. The first-order valence-electron chi connectivity index (χ1n) is 21.8. The van der Waals surface area contributed by atoms with Gasteiger partial charge in [0, 0.05) is 0 Å². The van der Waals surface area contributed by atoms with Crippen molar-refractivity contribution in [1.82, 2.24) is 0 Å². The molecule has 0 spiro atoms. The molecule has 66 heavy (non-hydrogen) atoms. The summed E-state index contributed by atoms with van der Waals surface area (Å²) < 4.78 is 95.5. The number of halogens is 8. The van der Waals surface area contributed by atoms with E-state index in [9.17, 15) is 26.3 Å².